The van der Waals surface area contributed by atoms with Gasteiger partial charge in [0.2, 0.25) is 11.8 Å². The number of carbonyl (C=O) groups is 2. The van der Waals surface area contributed by atoms with Crippen LogP contribution in [0, 0.1) is 0 Å². The Morgan fingerprint density at radius 1 is 0.848 bits per heavy atom. The first-order chi connectivity index (χ1) is 16.2. The van der Waals surface area contributed by atoms with E-state index in [0.717, 1.165) is 44.9 Å². The van der Waals surface area contributed by atoms with Gasteiger partial charge in [0.1, 0.15) is 6.04 Å². The number of carbonyl (C=O) groups excluding carboxylic acids is 2. The van der Waals surface area contributed by atoms with Crippen molar-refractivity contribution < 1.29 is 9.59 Å². The second-order valence-corrected chi connectivity index (χ2v) is 10.1. The molecule has 2 amide bonds. The number of hydrogen-bond donors (Lipinski definition) is 0. The molecular formula is C26H32N4O2S. The Balaban J connectivity index is 1.14. The number of hydrogen-bond acceptors (Lipinski definition) is 5. The first kappa shape index (κ1) is 22.4. The van der Waals surface area contributed by atoms with Crippen LogP contribution in [0.5, 0.6) is 0 Å². The van der Waals surface area contributed by atoms with E-state index in [2.05, 4.69) is 70.5 Å². The standard InChI is InChI=1S/C26H32N4O2S/c31-24-18-29(26(32)23-19-33-20-30(23)24)13-7-12-27-14-16-28(17-15-27)25(21-8-3-1-4-9-21)22-10-5-2-6-11-22/h1-6,8-11,23,25H,7,12-20H2/t23-/m0/s1. The number of amides is 2. The molecule has 3 saturated heterocycles. The smallest absolute Gasteiger partial charge is 0.246 e. The van der Waals surface area contributed by atoms with Gasteiger partial charge in [0, 0.05) is 38.5 Å². The van der Waals surface area contributed by atoms with E-state index in [1.165, 1.54) is 11.1 Å². The van der Waals surface area contributed by atoms with Crippen LogP contribution in [0.4, 0.5) is 0 Å². The minimum Gasteiger partial charge on any atom is -0.332 e. The second kappa shape index (κ2) is 10.3. The number of fused-ring (bicyclic) bond motifs is 1. The van der Waals surface area contributed by atoms with Crippen LogP contribution in [0.3, 0.4) is 0 Å². The fourth-order valence-electron chi connectivity index (χ4n) is 5.24. The highest BCUT2D eigenvalue weighted by atomic mass is 32.2. The van der Waals surface area contributed by atoms with Gasteiger partial charge >= 0.3 is 0 Å². The molecule has 174 valence electrons. The lowest BCUT2D eigenvalue weighted by Gasteiger charge is -2.40. The van der Waals surface area contributed by atoms with Crippen LogP contribution < -0.4 is 0 Å². The topological polar surface area (TPSA) is 47.1 Å². The fourth-order valence-corrected chi connectivity index (χ4v) is 6.41. The van der Waals surface area contributed by atoms with Crippen LogP contribution in [0.2, 0.25) is 0 Å². The zero-order valence-electron chi connectivity index (χ0n) is 19.0. The third kappa shape index (κ3) is 4.95. The maximum Gasteiger partial charge on any atom is 0.246 e. The molecule has 6 nitrogen and oxygen atoms in total. The lowest BCUT2D eigenvalue weighted by molar-refractivity contribution is -0.153. The molecule has 1 atom stereocenters. The molecule has 2 aromatic rings. The van der Waals surface area contributed by atoms with Gasteiger partial charge in [0.05, 0.1) is 18.5 Å². The summed E-state index contributed by atoms with van der Waals surface area (Å²) in [6.45, 7) is 5.98. The van der Waals surface area contributed by atoms with Gasteiger partial charge < -0.3 is 14.7 Å². The average Bonchev–Trinajstić information content (AvgIpc) is 3.36. The molecular weight excluding hydrogens is 432 g/mol. The van der Waals surface area contributed by atoms with Crippen LogP contribution in [-0.4, -0.2) is 94.9 Å². The largest absolute Gasteiger partial charge is 0.332 e. The molecule has 3 aliphatic rings. The zero-order valence-corrected chi connectivity index (χ0v) is 19.8. The van der Waals surface area contributed by atoms with Crippen molar-refractivity contribution >= 4 is 23.6 Å². The third-order valence-electron chi connectivity index (χ3n) is 7.03. The molecule has 0 N–H and O–H groups in total. The normalized spacial score (nSPS) is 22.3. The average molecular weight is 465 g/mol. The van der Waals surface area contributed by atoms with Gasteiger partial charge in [0.15, 0.2) is 0 Å². The Kier molecular flexibility index (Phi) is 6.99. The summed E-state index contributed by atoms with van der Waals surface area (Å²) in [5, 5.41) is 0. The number of piperazine rings is 2. The summed E-state index contributed by atoms with van der Waals surface area (Å²) in [7, 11) is 0. The number of thioether (sulfide) groups is 1. The highest BCUT2D eigenvalue weighted by Gasteiger charge is 2.42. The quantitative estimate of drug-likeness (QED) is 0.630. The number of rotatable bonds is 7. The van der Waals surface area contributed by atoms with E-state index in [1.807, 2.05) is 0 Å². The van der Waals surface area contributed by atoms with Crippen molar-refractivity contribution in [2.24, 2.45) is 0 Å². The first-order valence-corrected chi connectivity index (χ1v) is 13.1. The van der Waals surface area contributed by atoms with Crippen molar-refractivity contribution in [2.75, 3.05) is 57.4 Å². The SMILES string of the molecule is O=C1[C@@H]2CSCN2C(=O)CN1CCCN1CCN(C(c2ccccc2)c2ccccc2)CC1. The molecule has 7 heteroatoms. The number of nitrogens with zero attached hydrogens (tertiary/aromatic N) is 4. The van der Waals surface area contributed by atoms with Gasteiger partial charge in [-0.25, -0.2) is 0 Å². The Bertz CT molecular complexity index is 910. The maximum atomic E-state index is 12.7. The van der Waals surface area contributed by atoms with Gasteiger partial charge in [-0.2, -0.15) is 0 Å². The summed E-state index contributed by atoms with van der Waals surface area (Å²) in [5.41, 5.74) is 2.68. The lowest BCUT2D eigenvalue weighted by Crippen LogP contribution is -2.58. The van der Waals surface area contributed by atoms with Gasteiger partial charge in [0.25, 0.3) is 0 Å². The molecule has 3 aliphatic heterocycles. The summed E-state index contributed by atoms with van der Waals surface area (Å²) in [4.78, 5) is 33.7. The van der Waals surface area contributed by atoms with Crippen LogP contribution in [0.25, 0.3) is 0 Å². The first-order valence-electron chi connectivity index (χ1n) is 11.9. The van der Waals surface area contributed by atoms with Gasteiger partial charge in [-0.1, -0.05) is 60.7 Å². The number of benzene rings is 2. The molecule has 0 saturated carbocycles. The minimum absolute atomic E-state index is 0.103. The molecule has 0 aliphatic carbocycles. The summed E-state index contributed by atoms with van der Waals surface area (Å²) in [5.74, 6) is 1.65. The van der Waals surface area contributed by atoms with E-state index in [4.69, 9.17) is 0 Å². The summed E-state index contributed by atoms with van der Waals surface area (Å²) in [6.07, 6.45) is 0.916. The molecule has 2 aromatic carbocycles. The maximum absolute atomic E-state index is 12.7. The van der Waals surface area contributed by atoms with Gasteiger partial charge in [-0.15, -0.1) is 11.8 Å². The Morgan fingerprint density at radius 3 is 2.12 bits per heavy atom. The molecule has 0 bridgehead atoms. The zero-order chi connectivity index (χ0) is 22.6. The monoisotopic (exact) mass is 464 g/mol. The van der Waals surface area contributed by atoms with Crippen molar-refractivity contribution in [2.45, 2.75) is 18.5 Å². The second-order valence-electron chi connectivity index (χ2n) is 9.09. The highest BCUT2D eigenvalue weighted by molar-refractivity contribution is 7.99. The van der Waals surface area contributed by atoms with Crippen molar-refractivity contribution in [1.82, 2.24) is 19.6 Å². The molecule has 3 fully saturated rings. The van der Waals surface area contributed by atoms with Crippen molar-refractivity contribution in [3.63, 3.8) is 0 Å². The fraction of sp³-hybridized carbons (Fsp3) is 0.462. The van der Waals surface area contributed by atoms with Crippen molar-refractivity contribution in [3.8, 4) is 0 Å². The molecule has 0 radical (unpaired) electrons. The van der Waals surface area contributed by atoms with Gasteiger partial charge in [-0.3, -0.25) is 14.5 Å². The third-order valence-corrected chi connectivity index (χ3v) is 8.04. The van der Waals surface area contributed by atoms with E-state index >= 15 is 0 Å². The van der Waals surface area contributed by atoms with E-state index in [0.29, 0.717) is 12.4 Å². The Hall–Kier alpha value is -2.35. The molecule has 33 heavy (non-hydrogen) atoms. The van der Waals surface area contributed by atoms with Crippen molar-refractivity contribution in [1.29, 1.82) is 0 Å². The van der Waals surface area contributed by atoms with Crippen LogP contribution >= 0.6 is 11.8 Å². The van der Waals surface area contributed by atoms with E-state index in [1.54, 1.807) is 21.6 Å². The van der Waals surface area contributed by atoms with Crippen LogP contribution in [0.1, 0.15) is 23.6 Å². The molecule has 0 unspecified atom stereocenters. The minimum atomic E-state index is -0.229. The van der Waals surface area contributed by atoms with Gasteiger partial charge in [-0.05, 0) is 24.1 Å². The van der Waals surface area contributed by atoms with E-state index < -0.39 is 0 Å². The Morgan fingerprint density at radius 2 is 1.48 bits per heavy atom. The van der Waals surface area contributed by atoms with E-state index in [-0.39, 0.29) is 30.4 Å². The summed E-state index contributed by atoms with van der Waals surface area (Å²) >= 11 is 1.68. The summed E-state index contributed by atoms with van der Waals surface area (Å²) in [6, 6.07) is 21.6. The van der Waals surface area contributed by atoms with Crippen molar-refractivity contribution in [3.05, 3.63) is 71.8 Å². The van der Waals surface area contributed by atoms with Crippen LogP contribution in [0.15, 0.2) is 60.7 Å². The molecule has 5 rings (SSSR count). The predicted molar refractivity (Wildman–Crippen MR) is 132 cm³/mol. The molecule has 0 aromatic heterocycles. The molecule has 0 spiro atoms. The lowest BCUT2D eigenvalue weighted by atomic mass is 9.96. The summed E-state index contributed by atoms with van der Waals surface area (Å²) < 4.78 is 0. The highest BCUT2D eigenvalue weighted by Crippen LogP contribution is 2.29. The predicted octanol–water partition coefficient (Wildman–Crippen LogP) is 2.53. The van der Waals surface area contributed by atoms with Crippen LogP contribution in [-0.2, 0) is 9.59 Å². The Labute approximate surface area is 200 Å². The van der Waals surface area contributed by atoms with E-state index in [9.17, 15) is 9.59 Å². The molecule has 3 heterocycles.